The largest absolute Gasteiger partial charge is 0.373 e. The highest BCUT2D eigenvalue weighted by molar-refractivity contribution is 5.05. The molecule has 11 heavy (non-hydrogen) atoms. The lowest BCUT2D eigenvalue weighted by atomic mass is 10.3. The quantitative estimate of drug-likeness (QED) is 0.529. The molecule has 0 aliphatic carbocycles. The molecule has 62 valence electrons. The predicted molar refractivity (Wildman–Crippen MR) is 39.0 cm³/mol. The summed E-state index contributed by atoms with van der Waals surface area (Å²) in [6, 6.07) is 0. The second-order valence-corrected chi connectivity index (χ2v) is 2.82. The molecular formula is C7H12N2O2. The highest BCUT2D eigenvalue weighted by atomic mass is 16.5. The third-order valence-electron chi connectivity index (χ3n) is 2.06. The molecule has 2 aliphatic heterocycles. The molecule has 1 fully saturated rings. The van der Waals surface area contributed by atoms with Gasteiger partial charge < -0.3 is 9.64 Å². The topological polar surface area (TPSA) is 35.9 Å². The van der Waals surface area contributed by atoms with E-state index in [9.17, 15) is 0 Å². The molecule has 0 aromatic rings. The van der Waals surface area contributed by atoms with Crippen LogP contribution in [0.5, 0.6) is 0 Å². The number of rotatable bonds is 0. The van der Waals surface area contributed by atoms with Crippen LogP contribution in [0, 0.1) is 0 Å². The van der Waals surface area contributed by atoms with Crippen LogP contribution >= 0.6 is 0 Å². The number of hydroxylamine groups is 2. The smallest absolute Gasteiger partial charge is 0.0881 e. The van der Waals surface area contributed by atoms with Gasteiger partial charge in [0, 0.05) is 19.3 Å². The zero-order chi connectivity index (χ0) is 7.68. The Morgan fingerprint density at radius 1 is 1.36 bits per heavy atom. The van der Waals surface area contributed by atoms with Crippen LogP contribution in [0.2, 0.25) is 0 Å². The third kappa shape index (κ3) is 1.32. The average molecular weight is 156 g/mol. The lowest BCUT2D eigenvalue weighted by Crippen LogP contribution is -2.43. The van der Waals surface area contributed by atoms with Crippen LogP contribution in [0.3, 0.4) is 0 Å². The molecule has 0 saturated carbocycles. The Kier molecular flexibility index (Phi) is 1.71. The molecular weight excluding hydrogens is 144 g/mol. The van der Waals surface area contributed by atoms with E-state index in [4.69, 9.17) is 9.94 Å². The van der Waals surface area contributed by atoms with Crippen molar-refractivity contribution >= 4 is 0 Å². The van der Waals surface area contributed by atoms with Crippen LogP contribution in [0.4, 0.5) is 0 Å². The van der Waals surface area contributed by atoms with Crippen molar-refractivity contribution in [2.75, 3.05) is 32.8 Å². The van der Waals surface area contributed by atoms with E-state index in [2.05, 4.69) is 4.90 Å². The van der Waals surface area contributed by atoms with Crippen molar-refractivity contribution in [1.29, 1.82) is 0 Å². The van der Waals surface area contributed by atoms with Crippen LogP contribution in [0.15, 0.2) is 11.9 Å². The Hall–Kier alpha value is -0.740. The van der Waals surface area contributed by atoms with Gasteiger partial charge in [-0.15, -0.1) is 0 Å². The zero-order valence-electron chi connectivity index (χ0n) is 6.36. The van der Waals surface area contributed by atoms with Crippen LogP contribution < -0.4 is 0 Å². The van der Waals surface area contributed by atoms with Crippen LogP contribution in [0.1, 0.15) is 0 Å². The molecule has 0 spiro atoms. The number of hydrogen-bond acceptors (Lipinski definition) is 4. The van der Waals surface area contributed by atoms with Crippen LogP contribution in [-0.4, -0.2) is 48.0 Å². The average Bonchev–Trinajstić information content (AvgIpc) is 2.04. The number of morpholine rings is 1. The fraction of sp³-hybridized carbons (Fsp3) is 0.714. The lowest BCUT2D eigenvalue weighted by molar-refractivity contribution is -0.0670. The van der Waals surface area contributed by atoms with Crippen molar-refractivity contribution in [3.63, 3.8) is 0 Å². The predicted octanol–water partition coefficient (Wildman–Crippen LogP) is -0.135. The lowest BCUT2D eigenvalue weighted by Gasteiger charge is -2.36. The van der Waals surface area contributed by atoms with Gasteiger partial charge in [0.25, 0.3) is 0 Å². The van der Waals surface area contributed by atoms with Gasteiger partial charge in [0.1, 0.15) is 0 Å². The molecule has 2 aliphatic rings. The summed E-state index contributed by atoms with van der Waals surface area (Å²) < 4.78 is 5.24. The summed E-state index contributed by atoms with van der Waals surface area (Å²) >= 11 is 0. The van der Waals surface area contributed by atoms with E-state index in [0.717, 1.165) is 25.4 Å². The van der Waals surface area contributed by atoms with Gasteiger partial charge in [-0.2, -0.15) is 0 Å². The van der Waals surface area contributed by atoms with Gasteiger partial charge in [-0.25, -0.2) is 0 Å². The van der Waals surface area contributed by atoms with Gasteiger partial charge in [-0.1, -0.05) is 0 Å². The van der Waals surface area contributed by atoms with Gasteiger partial charge in [0.05, 0.1) is 25.5 Å². The van der Waals surface area contributed by atoms with E-state index < -0.39 is 0 Å². The van der Waals surface area contributed by atoms with Crippen LogP contribution in [-0.2, 0) is 4.74 Å². The van der Waals surface area contributed by atoms with E-state index in [1.54, 1.807) is 6.20 Å². The molecule has 2 heterocycles. The van der Waals surface area contributed by atoms with E-state index in [1.807, 2.05) is 0 Å². The van der Waals surface area contributed by atoms with Crippen molar-refractivity contribution in [3.8, 4) is 0 Å². The van der Waals surface area contributed by atoms with Crippen LogP contribution in [0.25, 0.3) is 0 Å². The Labute approximate surface area is 65.6 Å². The first-order valence-electron chi connectivity index (χ1n) is 3.85. The van der Waals surface area contributed by atoms with Gasteiger partial charge in [-0.05, 0) is 0 Å². The molecule has 4 nitrogen and oxygen atoms in total. The Morgan fingerprint density at radius 3 is 3.18 bits per heavy atom. The molecule has 0 amide bonds. The normalized spacial score (nSPS) is 24.6. The second kappa shape index (κ2) is 2.71. The minimum absolute atomic E-state index is 0.636. The SMILES string of the molecule is ON1C=C2COCCN2CC1. The maximum Gasteiger partial charge on any atom is 0.0881 e. The minimum Gasteiger partial charge on any atom is -0.373 e. The summed E-state index contributed by atoms with van der Waals surface area (Å²) in [6.07, 6.45) is 1.74. The number of hydrogen-bond donors (Lipinski definition) is 1. The Bertz CT molecular complexity index is 181. The van der Waals surface area contributed by atoms with Gasteiger partial charge in [0.2, 0.25) is 0 Å². The number of fused-ring (bicyclic) bond motifs is 1. The fourth-order valence-electron chi connectivity index (χ4n) is 1.42. The number of ether oxygens (including phenoxy) is 1. The standard InChI is InChI=1S/C7H12N2O2/c10-9-2-1-8-3-4-11-6-7(8)5-9/h5,10H,1-4,6H2. The van der Waals surface area contributed by atoms with Crippen molar-refractivity contribution in [3.05, 3.63) is 11.9 Å². The van der Waals surface area contributed by atoms with Crippen molar-refractivity contribution in [2.24, 2.45) is 0 Å². The van der Waals surface area contributed by atoms with E-state index in [-0.39, 0.29) is 0 Å². The number of nitrogens with zero attached hydrogens (tertiary/aromatic N) is 2. The summed E-state index contributed by atoms with van der Waals surface area (Å²) in [5, 5.41) is 10.3. The summed E-state index contributed by atoms with van der Waals surface area (Å²) in [5.74, 6) is 0. The molecule has 4 heteroatoms. The monoisotopic (exact) mass is 156 g/mol. The molecule has 0 atom stereocenters. The summed E-state index contributed by atoms with van der Waals surface area (Å²) in [7, 11) is 0. The molecule has 0 aromatic carbocycles. The fourth-order valence-corrected chi connectivity index (χ4v) is 1.42. The maximum atomic E-state index is 9.12. The van der Waals surface area contributed by atoms with Gasteiger partial charge in [0.15, 0.2) is 0 Å². The zero-order valence-corrected chi connectivity index (χ0v) is 6.36. The van der Waals surface area contributed by atoms with Gasteiger partial charge in [-0.3, -0.25) is 10.3 Å². The maximum absolute atomic E-state index is 9.12. The molecule has 0 radical (unpaired) electrons. The Balaban J connectivity index is 2.10. The summed E-state index contributed by atoms with van der Waals surface area (Å²) in [4.78, 5) is 2.25. The molecule has 1 saturated heterocycles. The minimum atomic E-state index is 0.636. The van der Waals surface area contributed by atoms with E-state index in [0.29, 0.717) is 13.2 Å². The Morgan fingerprint density at radius 2 is 2.27 bits per heavy atom. The molecule has 0 bridgehead atoms. The molecule has 2 rings (SSSR count). The highest BCUT2D eigenvalue weighted by Crippen LogP contribution is 2.14. The highest BCUT2D eigenvalue weighted by Gasteiger charge is 2.19. The molecule has 1 N–H and O–H groups in total. The summed E-state index contributed by atoms with van der Waals surface area (Å²) in [6.45, 7) is 4.01. The first-order chi connectivity index (χ1) is 5.36. The summed E-state index contributed by atoms with van der Waals surface area (Å²) in [5.41, 5.74) is 1.09. The first-order valence-corrected chi connectivity index (χ1v) is 3.85. The second-order valence-electron chi connectivity index (χ2n) is 2.82. The van der Waals surface area contributed by atoms with E-state index >= 15 is 0 Å². The van der Waals surface area contributed by atoms with Gasteiger partial charge >= 0.3 is 0 Å². The van der Waals surface area contributed by atoms with Crippen molar-refractivity contribution in [2.45, 2.75) is 0 Å². The van der Waals surface area contributed by atoms with Crippen molar-refractivity contribution in [1.82, 2.24) is 9.96 Å². The third-order valence-corrected chi connectivity index (χ3v) is 2.06. The first kappa shape index (κ1) is 6.94. The molecule has 0 unspecified atom stereocenters. The van der Waals surface area contributed by atoms with E-state index in [1.165, 1.54) is 5.06 Å². The molecule has 0 aromatic heterocycles. The van der Waals surface area contributed by atoms with Crippen molar-refractivity contribution < 1.29 is 9.94 Å².